The van der Waals surface area contributed by atoms with Gasteiger partial charge in [-0.1, -0.05) is 78.4 Å². The van der Waals surface area contributed by atoms with Gasteiger partial charge >= 0.3 is 0 Å². The number of thiocarbonyl (C=S) groups is 1. The first kappa shape index (κ1) is 27.0. The van der Waals surface area contributed by atoms with Crippen LogP contribution in [0.1, 0.15) is 27.0 Å². The predicted molar refractivity (Wildman–Crippen MR) is 154 cm³/mol. The average Bonchev–Trinajstić information content (AvgIpc) is 2.94. The molecule has 0 aliphatic carbocycles. The predicted octanol–water partition coefficient (Wildman–Crippen LogP) is 5.02. The van der Waals surface area contributed by atoms with Gasteiger partial charge in [0.05, 0.1) is 4.90 Å². The van der Waals surface area contributed by atoms with Crippen molar-refractivity contribution in [3.05, 3.63) is 131 Å². The molecule has 1 amide bonds. The summed E-state index contributed by atoms with van der Waals surface area (Å²) in [6.45, 7) is 2.42. The van der Waals surface area contributed by atoms with Crippen LogP contribution < -0.4 is 16.2 Å². The van der Waals surface area contributed by atoms with E-state index in [1.165, 1.54) is 28.6 Å². The summed E-state index contributed by atoms with van der Waals surface area (Å²) in [6, 6.07) is 32.4. The highest BCUT2D eigenvalue weighted by molar-refractivity contribution is 7.89. The highest BCUT2D eigenvalue weighted by Gasteiger charge is 2.25. The summed E-state index contributed by atoms with van der Waals surface area (Å²) in [5.41, 5.74) is 9.13. The van der Waals surface area contributed by atoms with Crippen molar-refractivity contribution in [1.29, 1.82) is 0 Å². The standard InChI is InChI=1S/C29H28N4O3S2/c1-22-12-16-26(17-13-22)30-29(37)32-31-28(34)25-14-18-27(19-15-25)38(35,36)33(20-23-8-4-2-5-9-23)21-24-10-6-3-7-11-24/h2-19H,20-21H2,1H3,(H,31,34)(H2,30,32,37). The van der Waals surface area contributed by atoms with Crippen LogP contribution in [0, 0.1) is 6.92 Å². The molecule has 0 heterocycles. The lowest BCUT2D eigenvalue weighted by molar-refractivity contribution is 0.0944. The molecule has 0 bridgehead atoms. The van der Waals surface area contributed by atoms with E-state index in [1.807, 2.05) is 91.9 Å². The van der Waals surface area contributed by atoms with Crippen molar-refractivity contribution in [1.82, 2.24) is 15.2 Å². The lowest BCUT2D eigenvalue weighted by Crippen LogP contribution is -2.43. The van der Waals surface area contributed by atoms with E-state index < -0.39 is 15.9 Å². The van der Waals surface area contributed by atoms with Crippen molar-refractivity contribution >= 4 is 38.9 Å². The van der Waals surface area contributed by atoms with E-state index in [0.717, 1.165) is 22.4 Å². The molecule has 0 aliphatic rings. The summed E-state index contributed by atoms with van der Waals surface area (Å²) < 4.78 is 28.7. The van der Waals surface area contributed by atoms with Gasteiger partial charge < -0.3 is 5.32 Å². The Kier molecular flexibility index (Phi) is 8.85. The lowest BCUT2D eigenvalue weighted by atomic mass is 10.2. The first-order valence-corrected chi connectivity index (χ1v) is 13.8. The number of aryl methyl sites for hydroxylation is 1. The van der Waals surface area contributed by atoms with E-state index >= 15 is 0 Å². The molecule has 0 radical (unpaired) electrons. The fraction of sp³-hybridized carbons (Fsp3) is 0.103. The Morgan fingerprint density at radius 1 is 0.737 bits per heavy atom. The summed E-state index contributed by atoms with van der Waals surface area (Å²) in [5.74, 6) is -0.451. The molecule has 3 N–H and O–H groups in total. The van der Waals surface area contributed by atoms with Crippen LogP contribution in [0.3, 0.4) is 0 Å². The summed E-state index contributed by atoms with van der Waals surface area (Å²) in [5, 5.41) is 3.20. The summed E-state index contributed by atoms with van der Waals surface area (Å²) in [4.78, 5) is 12.7. The van der Waals surface area contributed by atoms with Gasteiger partial charge in [0, 0.05) is 24.3 Å². The molecule has 9 heteroatoms. The van der Waals surface area contributed by atoms with Crippen molar-refractivity contribution in [3.8, 4) is 0 Å². The summed E-state index contributed by atoms with van der Waals surface area (Å²) >= 11 is 5.22. The molecule has 194 valence electrons. The third kappa shape index (κ3) is 7.25. The molecule has 0 atom stereocenters. The number of rotatable bonds is 8. The normalized spacial score (nSPS) is 11.1. The lowest BCUT2D eigenvalue weighted by Gasteiger charge is -2.23. The minimum atomic E-state index is -3.85. The van der Waals surface area contributed by atoms with Crippen LogP contribution in [-0.4, -0.2) is 23.7 Å². The quantitative estimate of drug-likeness (QED) is 0.213. The van der Waals surface area contributed by atoms with Gasteiger partial charge in [-0.25, -0.2) is 8.42 Å². The van der Waals surface area contributed by atoms with Crippen molar-refractivity contribution < 1.29 is 13.2 Å². The second-order valence-corrected chi connectivity index (χ2v) is 11.0. The number of benzene rings is 4. The number of sulfonamides is 1. The number of anilines is 1. The Labute approximate surface area is 228 Å². The van der Waals surface area contributed by atoms with E-state index in [9.17, 15) is 13.2 Å². The Balaban J connectivity index is 1.44. The van der Waals surface area contributed by atoms with Crippen LogP contribution in [0.15, 0.2) is 114 Å². The molecule has 7 nitrogen and oxygen atoms in total. The maximum absolute atomic E-state index is 13.6. The molecular formula is C29H28N4O3S2. The van der Waals surface area contributed by atoms with Crippen LogP contribution in [0.25, 0.3) is 0 Å². The second kappa shape index (κ2) is 12.5. The summed E-state index contributed by atoms with van der Waals surface area (Å²) in [6.07, 6.45) is 0. The topological polar surface area (TPSA) is 90.5 Å². The molecule has 0 spiro atoms. The molecule has 4 rings (SSSR count). The zero-order chi connectivity index (χ0) is 27.0. The summed E-state index contributed by atoms with van der Waals surface area (Å²) in [7, 11) is -3.85. The Morgan fingerprint density at radius 2 is 1.26 bits per heavy atom. The average molecular weight is 545 g/mol. The third-order valence-electron chi connectivity index (χ3n) is 5.76. The molecule has 0 aliphatic heterocycles. The second-order valence-electron chi connectivity index (χ2n) is 8.67. The Bertz CT molecular complexity index is 1440. The maximum Gasteiger partial charge on any atom is 0.269 e. The van der Waals surface area contributed by atoms with E-state index in [0.29, 0.717) is 0 Å². The van der Waals surface area contributed by atoms with E-state index in [4.69, 9.17) is 12.2 Å². The number of carbonyl (C=O) groups excluding carboxylic acids is 1. The zero-order valence-electron chi connectivity index (χ0n) is 20.8. The van der Waals surface area contributed by atoms with E-state index in [-0.39, 0.29) is 28.7 Å². The molecule has 38 heavy (non-hydrogen) atoms. The van der Waals surface area contributed by atoms with Crippen molar-refractivity contribution in [2.75, 3.05) is 5.32 Å². The molecule has 0 unspecified atom stereocenters. The van der Waals surface area contributed by atoms with Crippen molar-refractivity contribution in [3.63, 3.8) is 0 Å². The first-order valence-electron chi connectivity index (χ1n) is 11.9. The van der Waals surface area contributed by atoms with E-state index in [2.05, 4.69) is 16.2 Å². The number of hydrogen-bond acceptors (Lipinski definition) is 4. The Hall–Kier alpha value is -4.05. The van der Waals surface area contributed by atoms with Gasteiger partial charge in [-0.2, -0.15) is 4.31 Å². The minimum Gasteiger partial charge on any atom is -0.331 e. The highest BCUT2D eigenvalue weighted by atomic mass is 32.2. The fourth-order valence-electron chi connectivity index (χ4n) is 3.71. The van der Waals surface area contributed by atoms with Crippen molar-refractivity contribution in [2.45, 2.75) is 24.9 Å². The van der Waals surface area contributed by atoms with Crippen molar-refractivity contribution in [2.24, 2.45) is 0 Å². The SMILES string of the molecule is Cc1ccc(NC(=S)NNC(=O)c2ccc(S(=O)(=O)N(Cc3ccccc3)Cc3ccccc3)cc2)cc1. The van der Waals surface area contributed by atoms with Gasteiger partial charge in [-0.05, 0) is 66.7 Å². The molecule has 0 aromatic heterocycles. The molecule has 4 aromatic rings. The zero-order valence-corrected chi connectivity index (χ0v) is 22.4. The van der Waals surface area contributed by atoms with Gasteiger partial charge in [-0.15, -0.1) is 0 Å². The molecule has 0 fully saturated rings. The van der Waals surface area contributed by atoms with Gasteiger partial charge in [0.25, 0.3) is 5.91 Å². The Morgan fingerprint density at radius 3 is 1.79 bits per heavy atom. The number of hydrogen-bond donors (Lipinski definition) is 3. The number of amides is 1. The number of nitrogens with zero attached hydrogens (tertiary/aromatic N) is 1. The van der Waals surface area contributed by atoms with Gasteiger partial charge in [0.15, 0.2) is 5.11 Å². The maximum atomic E-state index is 13.6. The number of carbonyl (C=O) groups is 1. The van der Waals surface area contributed by atoms with Gasteiger partial charge in [0.2, 0.25) is 10.0 Å². The third-order valence-corrected chi connectivity index (χ3v) is 7.77. The van der Waals surface area contributed by atoms with Gasteiger partial charge in [-0.3, -0.25) is 15.6 Å². The van der Waals surface area contributed by atoms with Crippen LogP contribution >= 0.6 is 12.2 Å². The monoisotopic (exact) mass is 544 g/mol. The number of nitrogens with one attached hydrogen (secondary N) is 3. The fourth-order valence-corrected chi connectivity index (χ4v) is 5.30. The first-order chi connectivity index (χ1) is 18.3. The van der Waals surface area contributed by atoms with Gasteiger partial charge in [0.1, 0.15) is 0 Å². The highest BCUT2D eigenvalue weighted by Crippen LogP contribution is 2.22. The van der Waals surface area contributed by atoms with Crippen LogP contribution in [0.2, 0.25) is 0 Å². The van der Waals surface area contributed by atoms with Crippen LogP contribution in [0.5, 0.6) is 0 Å². The minimum absolute atomic E-state index is 0.102. The number of hydrazine groups is 1. The molecule has 0 saturated heterocycles. The van der Waals surface area contributed by atoms with Crippen LogP contribution in [-0.2, 0) is 23.1 Å². The molecule has 0 saturated carbocycles. The molecule has 4 aromatic carbocycles. The van der Waals surface area contributed by atoms with Crippen LogP contribution in [0.4, 0.5) is 5.69 Å². The largest absolute Gasteiger partial charge is 0.331 e. The van der Waals surface area contributed by atoms with E-state index in [1.54, 1.807) is 0 Å². The molecular weight excluding hydrogens is 516 g/mol. The smallest absolute Gasteiger partial charge is 0.269 e.